The minimum atomic E-state index is -0.225. The first kappa shape index (κ1) is 19.8. The first-order valence-corrected chi connectivity index (χ1v) is 9.99. The molecule has 2 heterocycles. The van der Waals surface area contributed by atoms with E-state index in [0.29, 0.717) is 32.5 Å². The zero-order chi connectivity index (χ0) is 19.2. The summed E-state index contributed by atoms with van der Waals surface area (Å²) in [4.78, 5) is 29.0. The fourth-order valence-electron chi connectivity index (χ4n) is 4.10. The van der Waals surface area contributed by atoms with E-state index in [9.17, 15) is 14.0 Å². The van der Waals surface area contributed by atoms with E-state index in [4.69, 9.17) is 4.74 Å². The Kier molecular flexibility index (Phi) is 6.83. The number of rotatable bonds is 5. The molecular weight excluding hydrogens is 347 g/mol. The number of hydrogen-bond donors (Lipinski definition) is 0. The molecule has 1 atom stereocenters. The molecule has 1 aromatic carbocycles. The highest BCUT2D eigenvalue weighted by molar-refractivity contribution is 5.80. The lowest BCUT2D eigenvalue weighted by Crippen LogP contribution is -2.47. The molecule has 2 aliphatic heterocycles. The molecule has 2 fully saturated rings. The van der Waals surface area contributed by atoms with E-state index in [1.54, 1.807) is 12.1 Å². The van der Waals surface area contributed by atoms with E-state index < -0.39 is 0 Å². The van der Waals surface area contributed by atoms with Gasteiger partial charge < -0.3 is 9.64 Å². The van der Waals surface area contributed by atoms with Gasteiger partial charge in [0.15, 0.2) is 0 Å². The zero-order valence-corrected chi connectivity index (χ0v) is 16.0. The first-order valence-electron chi connectivity index (χ1n) is 9.99. The molecule has 0 saturated carbocycles. The fraction of sp³-hybridized carbons (Fsp3) is 0.619. The molecule has 3 rings (SSSR count). The minimum Gasteiger partial charge on any atom is -0.466 e. The lowest BCUT2D eigenvalue weighted by Gasteiger charge is -2.37. The van der Waals surface area contributed by atoms with Crippen LogP contribution in [0.25, 0.3) is 0 Å². The third-order valence-electron chi connectivity index (χ3n) is 5.60. The lowest BCUT2D eigenvalue weighted by atomic mass is 9.92. The molecule has 0 N–H and O–H groups in total. The molecule has 1 amide bonds. The van der Waals surface area contributed by atoms with Crippen LogP contribution in [0.5, 0.6) is 0 Å². The van der Waals surface area contributed by atoms with Crippen LogP contribution in [-0.2, 0) is 20.9 Å². The number of likely N-dealkylation sites (tertiary alicyclic amines) is 2. The number of amides is 1. The summed E-state index contributed by atoms with van der Waals surface area (Å²) in [6.45, 7) is 5.95. The summed E-state index contributed by atoms with van der Waals surface area (Å²) in [5.41, 5.74) is 1.07. The minimum absolute atomic E-state index is 0.0124. The van der Waals surface area contributed by atoms with Crippen molar-refractivity contribution in [1.29, 1.82) is 0 Å². The molecule has 0 radical (unpaired) electrons. The van der Waals surface area contributed by atoms with Crippen LogP contribution in [0.2, 0.25) is 0 Å². The molecule has 148 valence electrons. The summed E-state index contributed by atoms with van der Waals surface area (Å²) >= 11 is 0. The molecule has 0 bridgehead atoms. The third kappa shape index (κ3) is 5.28. The van der Waals surface area contributed by atoms with Crippen molar-refractivity contribution in [3.8, 4) is 0 Å². The molecule has 6 heteroatoms. The van der Waals surface area contributed by atoms with E-state index >= 15 is 0 Å². The highest BCUT2D eigenvalue weighted by Gasteiger charge is 2.33. The van der Waals surface area contributed by atoms with Crippen molar-refractivity contribution in [2.45, 2.75) is 39.2 Å². The van der Waals surface area contributed by atoms with Gasteiger partial charge >= 0.3 is 5.97 Å². The second-order valence-corrected chi connectivity index (χ2v) is 7.55. The number of hydrogen-bond acceptors (Lipinski definition) is 4. The number of piperidine rings is 2. The molecule has 1 aromatic rings. The highest BCUT2D eigenvalue weighted by Crippen LogP contribution is 2.24. The standard InChI is InChI=1S/C21H29FN2O3/c1-2-27-21(26)17-9-12-24(13-10-17)20(25)18-4-3-11-23(15-18)14-16-5-7-19(22)8-6-16/h5-8,17-18H,2-4,9-15H2,1H3. The number of ether oxygens (including phenoxy) is 1. The van der Waals surface area contributed by atoms with Crippen LogP contribution in [0.15, 0.2) is 24.3 Å². The lowest BCUT2D eigenvalue weighted by molar-refractivity contribution is -0.152. The van der Waals surface area contributed by atoms with E-state index in [-0.39, 0.29) is 29.5 Å². The quantitative estimate of drug-likeness (QED) is 0.742. The summed E-state index contributed by atoms with van der Waals surface area (Å²) in [6, 6.07) is 6.58. The second-order valence-electron chi connectivity index (χ2n) is 7.55. The summed E-state index contributed by atoms with van der Waals surface area (Å²) in [5, 5.41) is 0. The molecule has 2 aliphatic rings. The Balaban J connectivity index is 1.50. The maximum atomic E-state index is 13.1. The smallest absolute Gasteiger partial charge is 0.309 e. The monoisotopic (exact) mass is 376 g/mol. The number of carbonyl (C=O) groups is 2. The average molecular weight is 376 g/mol. The third-order valence-corrected chi connectivity index (χ3v) is 5.60. The van der Waals surface area contributed by atoms with Gasteiger partial charge in [0.25, 0.3) is 0 Å². The Morgan fingerprint density at radius 1 is 1.07 bits per heavy atom. The van der Waals surface area contributed by atoms with Gasteiger partial charge in [0.05, 0.1) is 18.4 Å². The predicted octanol–water partition coefficient (Wildman–Crippen LogP) is 2.84. The zero-order valence-electron chi connectivity index (χ0n) is 16.0. The Labute approximate surface area is 160 Å². The summed E-state index contributed by atoms with van der Waals surface area (Å²) in [6.07, 6.45) is 3.29. The van der Waals surface area contributed by atoms with Crippen LogP contribution in [0.3, 0.4) is 0 Å². The molecule has 5 nitrogen and oxygen atoms in total. The van der Waals surface area contributed by atoms with Crippen LogP contribution >= 0.6 is 0 Å². The molecular formula is C21H29FN2O3. The largest absolute Gasteiger partial charge is 0.466 e. The Hall–Kier alpha value is -1.95. The maximum Gasteiger partial charge on any atom is 0.309 e. The van der Waals surface area contributed by atoms with Crippen molar-refractivity contribution in [2.24, 2.45) is 11.8 Å². The normalized spacial score (nSPS) is 21.9. The van der Waals surface area contributed by atoms with Gasteiger partial charge in [-0.3, -0.25) is 14.5 Å². The van der Waals surface area contributed by atoms with Gasteiger partial charge in [-0.1, -0.05) is 12.1 Å². The SMILES string of the molecule is CCOC(=O)C1CCN(C(=O)C2CCCN(Cc3ccc(F)cc3)C2)CC1. The van der Waals surface area contributed by atoms with Crippen LogP contribution < -0.4 is 0 Å². The predicted molar refractivity (Wildman–Crippen MR) is 100 cm³/mol. The second kappa shape index (κ2) is 9.31. The van der Waals surface area contributed by atoms with Crippen LogP contribution in [0, 0.1) is 17.7 Å². The van der Waals surface area contributed by atoms with Crippen molar-refractivity contribution in [3.05, 3.63) is 35.6 Å². The van der Waals surface area contributed by atoms with E-state index in [2.05, 4.69) is 4.90 Å². The van der Waals surface area contributed by atoms with Gasteiger partial charge in [0, 0.05) is 26.2 Å². The molecule has 0 aliphatic carbocycles. The average Bonchev–Trinajstić information content (AvgIpc) is 2.70. The van der Waals surface area contributed by atoms with Crippen molar-refractivity contribution in [3.63, 3.8) is 0 Å². The number of esters is 1. The van der Waals surface area contributed by atoms with Gasteiger partial charge in [-0.15, -0.1) is 0 Å². The summed E-state index contributed by atoms with van der Waals surface area (Å²) in [5.74, 6) is -0.209. The van der Waals surface area contributed by atoms with Crippen LogP contribution in [0.4, 0.5) is 4.39 Å². The summed E-state index contributed by atoms with van der Waals surface area (Å²) in [7, 11) is 0. The molecule has 1 unspecified atom stereocenters. The van der Waals surface area contributed by atoms with Gasteiger partial charge in [0.2, 0.25) is 5.91 Å². The number of benzene rings is 1. The van der Waals surface area contributed by atoms with Crippen molar-refractivity contribution >= 4 is 11.9 Å². The number of halogens is 1. The Morgan fingerprint density at radius 2 is 1.78 bits per heavy atom. The van der Waals surface area contributed by atoms with Gasteiger partial charge in [-0.25, -0.2) is 4.39 Å². The highest BCUT2D eigenvalue weighted by atomic mass is 19.1. The molecule has 2 saturated heterocycles. The van der Waals surface area contributed by atoms with Gasteiger partial charge in [0.1, 0.15) is 5.82 Å². The van der Waals surface area contributed by atoms with Crippen molar-refractivity contribution < 1.29 is 18.7 Å². The fourth-order valence-corrected chi connectivity index (χ4v) is 4.10. The van der Waals surface area contributed by atoms with Crippen molar-refractivity contribution in [2.75, 3.05) is 32.8 Å². The molecule has 27 heavy (non-hydrogen) atoms. The number of carbonyl (C=O) groups excluding carboxylic acids is 2. The van der Waals surface area contributed by atoms with Crippen LogP contribution in [0.1, 0.15) is 38.2 Å². The first-order chi connectivity index (χ1) is 13.1. The van der Waals surface area contributed by atoms with Crippen LogP contribution in [-0.4, -0.2) is 54.5 Å². The maximum absolute atomic E-state index is 13.1. The molecule has 0 aromatic heterocycles. The van der Waals surface area contributed by atoms with E-state index in [1.165, 1.54) is 12.1 Å². The van der Waals surface area contributed by atoms with E-state index in [0.717, 1.165) is 38.0 Å². The van der Waals surface area contributed by atoms with E-state index in [1.807, 2.05) is 11.8 Å². The topological polar surface area (TPSA) is 49.9 Å². The molecule has 0 spiro atoms. The van der Waals surface area contributed by atoms with Crippen molar-refractivity contribution in [1.82, 2.24) is 9.80 Å². The van der Waals surface area contributed by atoms with Gasteiger partial charge in [-0.2, -0.15) is 0 Å². The van der Waals surface area contributed by atoms with Gasteiger partial charge in [-0.05, 0) is 56.8 Å². The Morgan fingerprint density at radius 3 is 2.44 bits per heavy atom. The Bertz CT molecular complexity index is 641. The number of nitrogens with zero attached hydrogens (tertiary/aromatic N) is 2. The summed E-state index contributed by atoms with van der Waals surface area (Å²) < 4.78 is 18.2.